The molecule has 8 nitrogen and oxygen atoms in total. The highest BCUT2D eigenvalue weighted by Gasteiger charge is 2.23. The SMILES string of the molecule is CCCCC/C=C/CC/C=C/CC/C=C/C(O)C(COP(=O)([O-])OCC[N+](C)(C)C)NC(=O)CCCCCCCCCCCCCCCCCCCCCCCCCCCCCCCCCCCCCCCCC. The molecular weight excluding hydrogens is 936 g/mol. The van der Waals surface area contributed by atoms with E-state index in [0.717, 1.165) is 51.4 Å². The van der Waals surface area contributed by atoms with Crippen LogP contribution in [0.25, 0.3) is 0 Å². The molecule has 0 aromatic heterocycles. The number of amides is 1. The van der Waals surface area contributed by atoms with E-state index in [0.29, 0.717) is 17.4 Å². The lowest BCUT2D eigenvalue weighted by Crippen LogP contribution is -2.45. The van der Waals surface area contributed by atoms with Crippen LogP contribution in [-0.4, -0.2) is 68.5 Å². The number of allylic oxidation sites excluding steroid dienone is 5. The summed E-state index contributed by atoms with van der Waals surface area (Å²) in [4.78, 5) is 25.5. The molecular formula is C65H127N2O6P. The smallest absolute Gasteiger partial charge is 0.268 e. The van der Waals surface area contributed by atoms with E-state index in [1.165, 1.54) is 250 Å². The maximum absolute atomic E-state index is 12.9. The molecule has 3 atom stereocenters. The first-order chi connectivity index (χ1) is 36.0. The highest BCUT2D eigenvalue weighted by Crippen LogP contribution is 2.38. The lowest BCUT2D eigenvalue weighted by molar-refractivity contribution is -0.870. The molecule has 0 rings (SSSR count). The third-order valence-corrected chi connectivity index (χ3v) is 15.8. The number of aliphatic hydroxyl groups excluding tert-OH is 1. The van der Waals surface area contributed by atoms with Crippen LogP contribution >= 0.6 is 7.82 Å². The molecule has 0 bridgehead atoms. The van der Waals surface area contributed by atoms with Gasteiger partial charge in [-0.15, -0.1) is 0 Å². The van der Waals surface area contributed by atoms with Crippen LogP contribution < -0.4 is 10.2 Å². The van der Waals surface area contributed by atoms with Gasteiger partial charge in [0.15, 0.2) is 0 Å². The summed E-state index contributed by atoms with van der Waals surface area (Å²) in [5, 5.41) is 13.8. The van der Waals surface area contributed by atoms with Crippen LogP contribution in [0.2, 0.25) is 0 Å². The van der Waals surface area contributed by atoms with Crippen molar-refractivity contribution in [2.75, 3.05) is 40.9 Å². The molecule has 3 unspecified atom stereocenters. The Balaban J connectivity index is 3.85. The first kappa shape index (κ1) is 72.7. The minimum Gasteiger partial charge on any atom is -0.756 e. The van der Waals surface area contributed by atoms with Crippen LogP contribution in [0.15, 0.2) is 36.5 Å². The first-order valence-electron chi connectivity index (χ1n) is 32.4. The Morgan fingerprint density at radius 1 is 0.459 bits per heavy atom. The Morgan fingerprint density at radius 2 is 0.757 bits per heavy atom. The number of carbonyl (C=O) groups excluding carboxylic acids is 1. The lowest BCUT2D eigenvalue weighted by Gasteiger charge is -2.29. The summed E-state index contributed by atoms with van der Waals surface area (Å²) in [7, 11) is 1.24. The number of rotatable bonds is 60. The topological polar surface area (TPSA) is 108 Å². The summed E-state index contributed by atoms with van der Waals surface area (Å²) >= 11 is 0. The fraction of sp³-hybridized carbons (Fsp3) is 0.892. The van der Waals surface area contributed by atoms with Crippen molar-refractivity contribution < 1.29 is 32.9 Å². The van der Waals surface area contributed by atoms with Gasteiger partial charge in [0.1, 0.15) is 13.2 Å². The fourth-order valence-electron chi connectivity index (χ4n) is 9.78. The molecule has 0 aliphatic carbocycles. The van der Waals surface area contributed by atoms with Crippen molar-refractivity contribution in [2.24, 2.45) is 0 Å². The van der Waals surface area contributed by atoms with E-state index in [9.17, 15) is 19.4 Å². The van der Waals surface area contributed by atoms with Crippen LogP contribution in [-0.2, 0) is 18.4 Å². The molecule has 0 aliphatic rings. The monoisotopic (exact) mass is 1060 g/mol. The summed E-state index contributed by atoms with van der Waals surface area (Å²) in [5.41, 5.74) is 0. The lowest BCUT2D eigenvalue weighted by atomic mass is 10.0. The van der Waals surface area contributed by atoms with Gasteiger partial charge in [-0.25, -0.2) is 0 Å². The predicted molar refractivity (Wildman–Crippen MR) is 321 cm³/mol. The van der Waals surface area contributed by atoms with Crippen molar-refractivity contribution in [3.63, 3.8) is 0 Å². The summed E-state index contributed by atoms with van der Waals surface area (Å²) in [6.07, 6.45) is 74.3. The molecule has 0 aromatic carbocycles. The highest BCUT2D eigenvalue weighted by molar-refractivity contribution is 7.45. The van der Waals surface area contributed by atoms with Crippen LogP contribution in [0.3, 0.4) is 0 Å². The van der Waals surface area contributed by atoms with Gasteiger partial charge in [0.2, 0.25) is 5.91 Å². The predicted octanol–water partition coefficient (Wildman–Crippen LogP) is 19.5. The molecule has 1 amide bonds. The number of aliphatic hydroxyl groups is 1. The molecule has 0 saturated heterocycles. The van der Waals surface area contributed by atoms with Gasteiger partial charge in [-0.3, -0.25) is 9.36 Å². The van der Waals surface area contributed by atoms with Crippen LogP contribution in [0.5, 0.6) is 0 Å². The minimum absolute atomic E-state index is 0.00763. The largest absolute Gasteiger partial charge is 0.756 e. The Bertz CT molecular complexity index is 1300. The second kappa shape index (κ2) is 56.4. The number of phosphoric ester groups is 1. The number of quaternary nitrogens is 1. The zero-order chi connectivity index (χ0) is 54.2. The van der Waals surface area contributed by atoms with Crippen molar-refractivity contribution in [3.05, 3.63) is 36.5 Å². The van der Waals surface area contributed by atoms with Crippen molar-refractivity contribution in [1.29, 1.82) is 0 Å². The maximum Gasteiger partial charge on any atom is 0.268 e. The number of nitrogens with one attached hydrogen (secondary N) is 1. The van der Waals surface area contributed by atoms with Crippen LogP contribution in [0.1, 0.15) is 322 Å². The molecule has 438 valence electrons. The number of nitrogens with zero attached hydrogens (tertiary/aromatic N) is 1. The molecule has 9 heteroatoms. The zero-order valence-corrected chi connectivity index (χ0v) is 51.0. The minimum atomic E-state index is -4.60. The van der Waals surface area contributed by atoms with Crippen molar-refractivity contribution in [2.45, 2.75) is 334 Å². The normalized spacial score (nSPS) is 14.0. The van der Waals surface area contributed by atoms with Crippen molar-refractivity contribution in [1.82, 2.24) is 5.32 Å². The molecule has 0 aromatic rings. The number of unbranched alkanes of at least 4 members (excludes halogenated alkanes) is 43. The van der Waals surface area contributed by atoms with E-state index in [2.05, 4.69) is 43.5 Å². The van der Waals surface area contributed by atoms with Gasteiger partial charge in [-0.2, -0.15) is 0 Å². The van der Waals surface area contributed by atoms with Gasteiger partial charge >= 0.3 is 0 Å². The number of hydrogen-bond acceptors (Lipinski definition) is 6. The van der Waals surface area contributed by atoms with E-state index < -0.39 is 26.6 Å². The van der Waals surface area contributed by atoms with Crippen molar-refractivity contribution >= 4 is 13.7 Å². The van der Waals surface area contributed by atoms with E-state index in [1.807, 2.05) is 27.2 Å². The molecule has 0 heterocycles. The Kier molecular flexibility index (Phi) is 55.5. The number of carbonyl (C=O) groups is 1. The van der Waals surface area contributed by atoms with Crippen molar-refractivity contribution in [3.8, 4) is 0 Å². The summed E-state index contributed by atoms with van der Waals surface area (Å²) in [6.45, 7) is 4.62. The molecule has 0 aliphatic heterocycles. The highest BCUT2D eigenvalue weighted by atomic mass is 31.2. The average Bonchev–Trinajstić information content (AvgIpc) is 3.36. The number of likely N-dealkylation sites (N-methyl/N-ethyl adjacent to an activating group) is 1. The quantitative estimate of drug-likeness (QED) is 0.0272. The average molecular weight is 1060 g/mol. The fourth-order valence-corrected chi connectivity index (χ4v) is 10.5. The molecule has 2 N–H and O–H groups in total. The standard InChI is InChI=1S/C65H127N2O6P/c1-6-8-10-12-14-16-18-20-21-22-23-24-25-26-27-28-29-30-31-32-33-34-35-36-37-38-39-40-41-42-43-44-45-47-49-51-53-55-57-59-65(69)66-63(62-73-74(70,71)72-61-60-67(3,4)5)64(68)58-56-54-52-50-48-46-19-17-15-13-11-9-7-2/h15,17,48,50,56,58,63-64,68H,6-14,16,18-47,49,51-55,57,59-62H2,1-5H3,(H-,66,69,70,71)/b17-15+,50-48+,58-56+. The third-order valence-electron chi connectivity index (χ3n) is 14.8. The number of phosphoric acid groups is 1. The van der Waals surface area contributed by atoms with Crippen LogP contribution in [0.4, 0.5) is 0 Å². The maximum atomic E-state index is 12.9. The van der Waals surface area contributed by atoms with E-state index in [4.69, 9.17) is 9.05 Å². The molecule has 0 spiro atoms. The third kappa shape index (κ3) is 58.4. The second-order valence-electron chi connectivity index (χ2n) is 23.5. The van der Waals surface area contributed by atoms with Gasteiger partial charge in [-0.1, -0.05) is 307 Å². The van der Waals surface area contributed by atoms with E-state index >= 15 is 0 Å². The Labute approximate surface area is 461 Å². The molecule has 74 heavy (non-hydrogen) atoms. The van der Waals surface area contributed by atoms with Gasteiger partial charge in [0.05, 0.1) is 39.9 Å². The Morgan fingerprint density at radius 3 is 1.09 bits per heavy atom. The summed E-state index contributed by atoms with van der Waals surface area (Å²) in [5.74, 6) is -0.207. The summed E-state index contributed by atoms with van der Waals surface area (Å²) in [6, 6.07) is -0.907. The van der Waals surface area contributed by atoms with E-state index in [1.54, 1.807) is 6.08 Å². The van der Waals surface area contributed by atoms with Gasteiger partial charge < -0.3 is 28.8 Å². The first-order valence-corrected chi connectivity index (χ1v) is 33.8. The molecule has 0 radical (unpaired) electrons. The van der Waals surface area contributed by atoms with Crippen LogP contribution in [0, 0.1) is 0 Å². The molecule has 0 fully saturated rings. The second-order valence-corrected chi connectivity index (χ2v) is 24.9. The Hall–Kier alpha value is -1.28. The zero-order valence-electron chi connectivity index (χ0n) is 50.1. The van der Waals surface area contributed by atoms with Gasteiger partial charge in [0.25, 0.3) is 7.82 Å². The van der Waals surface area contributed by atoms with Gasteiger partial charge in [-0.05, 0) is 44.9 Å². The number of hydrogen-bond donors (Lipinski definition) is 2. The van der Waals surface area contributed by atoms with E-state index in [-0.39, 0.29) is 12.5 Å². The molecule has 0 saturated carbocycles. The summed E-state index contributed by atoms with van der Waals surface area (Å²) < 4.78 is 23.3. The van der Waals surface area contributed by atoms with Gasteiger partial charge in [0, 0.05) is 6.42 Å².